The molecule has 0 spiro atoms. The maximum absolute atomic E-state index is 13.5. The van der Waals surface area contributed by atoms with Crippen molar-refractivity contribution in [3.8, 4) is 0 Å². The van der Waals surface area contributed by atoms with E-state index in [9.17, 15) is 4.79 Å². The number of rotatable bonds is 5. The molecule has 0 saturated carbocycles. The largest absolute Gasteiger partial charge is 0.376 e. The van der Waals surface area contributed by atoms with Crippen LogP contribution in [0.3, 0.4) is 0 Å². The number of carbonyl (C=O) groups is 1. The zero-order chi connectivity index (χ0) is 19.6. The minimum atomic E-state index is -0.00201. The maximum Gasteiger partial charge on any atom is 0.260 e. The Hall–Kier alpha value is -1.54. The summed E-state index contributed by atoms with van der Waals surface area (Å²) >= 11 is 5.53. The van der Waals surface area contributed by atoms with Gasteiger partial charge in [-0.2, -0.15) is 0 Å². The third-order valence-corrected chi connectivity index (χ3v) is 9.38. The van der Waals surface area contributed by atoms with Crippen LogP contribution >= 0.6 is 34.9 Å². The van der Waals surface area contributed by atoms with Crippen molar-refractivity contribution >= 4 is 56.1 Å². The topological polar surface area (TPSA) is 42.4 Å². The van der Waals surface area contributed by atoms with Crippen molar-refractivity contribution in [2.45, 2.75) is 23.5 Å². The summed E-state index contributed by atoms with van der Waals surface area (Å²) in [4.78, 5) is 20.0. The minimum absolute atomic E-state index is 0.00201. The Balaban J connectivity index is 1.43. The zero-order valence-electron chi connectivity index (χ0n) is 16.0. The third kappa shape index (κ3) is 4.19. The second-order valence-electron chi connectivity index (χ2n) is 7.21. The van der Waals surface area contributed by atoms with E-state index in [1.807, 2.05) is 58.8 Å². The van der Waals surface area contributed by atoms with Crippen LogP contribution in [0.1, 0.15) is 33.3 Å². The summed E-state index contributed by atoms with van der Waals surface area (Å²) in [5, 5.41) is 0.748. The number of nitrogens with zero attached hydrogens (tertiary/aromatic N) is 2. The second-order valence-corrected chi connectivity index (χ2v) is 10.9. The van der Waals surface area contributed by atoms with Crippen molar-refractivity contribution in [3.05, 3.63) is 59.7 Å². The normalized spacial score (nSPS) is 19.8. The Labute approximate surface area is 183 Å². The van der Waals surface area contributed by atoms with Crippen molar-refractivity contribution < 1.29 is 9.53 Å². The van der Waals surface area contributed by atoms with E-state index >= 15 is 0 Å². The molecular formula is C22H22N2O2S3. The summed E-state index contributed by atoms with van der Waals surface area (Å²) in [7, 11) is 0. The Morgan fingerprint density at radius 1 is 1.10 bits per heavy atom. The Morgan fingerprint density at radius 3 is 2.62 bits per heavy atom. The van der Waals surface area contributed by atoms with Gasteiger partial charge in [0, 0.05) is 23.7 Å². The fourth-order valence-electron chi connectivity index (χ4n) is 3.70. The molecule has 7 heteroatoms. The number of thioether (sulfide) groups is 2. The monoisotopic (exact) mass is 442 g/mol. The van der Waals surface area contributed by atoms with Gasteiger partial charge in [0.15, 0.2) is 5.13 Å². The van der Waals surface area contributed by atoms with Gasteiger partial charge in [-0.1, -0.05) is 35.6 Å². The number of hydrogen-bond donors (Lipinski definition) is 0. The molecule has 150 valence electrons. The Bertz CT molecular complexity index is 960. The number of benzene rings is 2. The van der Waals surface area contributed by atoms with E-state index in [0.717, 1.165) is 34.8 Å². The van der Waals surface area contributed by atoms with Crippen LogP contribution in [0.5, 0.6) is 0 Å². The molecule has 2 aromatic carbocycles. The first-order chi connectivity index (χ1) is 14.3. The lowest BCUT2D eigenvalue weighted by molar-refractivity contribution is 0.0917. The third-order valence-electron chi connectivity index (χ3n) is 5.22. The quantitative estimate of drug-likeness (QED) is 0.514. The van der Waals surface area contributed by atoms with Crippen LogP contribution in [0.15, 0.2) is 48.5 Å². The highest BCUT2D eigenvalue weighted by Crippen LogP contribution is 2.45. The molecular weight excluding hydrogens is 420 g/mol. The highest BCUT2D eigenvalue weighted by molar-refractivity contribution is 8.19. The van der Waals surface area contributed by atoms with Gasteiger partial charge in [-0.05, 0) is 42.7 Å². The summed E-state index contributed by atoms with van der Waals surface area (Å²) in [6.45, 7) is 1.33. The number of fused-ring (bicyclic) bond motifs is 1. The van der Waals surface area contributed by atoms with Crippen molar-refractivity contribution in [1.29, 1.82) is 0 Å². The van der Waals surface area contributed by atoms with Crippen LogP contribution < -0.4 is 4.90 Å². The van der Waals surface area contributed by atoms with Crippen molar-refractivity contribution in [2.75, 3.05) is 29.6 Å². The van der Waals surface area contributed by atoms with Gasteiger partial charge >= 0.3 is 0 Å². The average Bonchev–Trinajstić information content (AvgIpc) is 3.53. The smallest absolute Gasteiger partial charge is 0.260 e. The molecule has 2 fully saturated rings. The first-order valence-electron chi connectivity index (χ1n) is 9.90. The first kappa shape index (κ1) is 19.4. The molecule has 0 unspecified atom stereocenters. The lowest BCUT2D eigenvalue weighted by Gasteiger charge is -2.23. The lowest BCUT2D eigenvalue weighted by atomic mass is 10.1. The lowest BCUT2D eigenvalue weighted by Crippen LogP contribution is -2.37. The van der Waals surface area contributed by atoms with Gasteiger partial charge in [-0.15, -0.1) is 23.5 Å². The summed E-state index contributed by atoms with van der Waals surface area (Å²) in [6, 6.07) is 16.2. The maximum atomic E-state index is 13.5. The van der Waals surface area contributed by atoms with Crippen molar-refractivity contribution in [2.24, 2.45) is 0 Å². The van der Waals surface area contributed by atoms with E-state index < -0.39 is 0 Å². The first-order valence-corrected chi connectivity index (χ1v) is 12.8. The van der Waals surface area contributed by atoms with E-state index in [1.54, 1.807) is 11.3 Å². The Kier molecular flexibility index (Phi) is 5.81. The van der Waals surface area contributed by atoms with Gasteiger partial charge in [-0.25, -0.2) is 4.98 Å². The van der Waals surface area contributed by atoms with Crippen molar-refractivity contribution in [3.63, 3.8) is 0 Å². The number of aromatic nitrogens is 1. The highest BCUT2D eigenvalue weighted by Gasteiger charge is 2.27. The van der Waals surface area contributed by atoms with Gasteiger partial charge in [-0.3, -0.25) is 9.69 Å². The molecule has 3 aromatic rings. The van der Waals surface area contributed by atoms with Crippen molar-refractivity contribution in [1.82, 2.24) is 4.98 Å². The molecule has 0 bridgehead atoms. The average molecular weight is 443 g/mol. The summed E-state index contributed by atoms with van der Waals surface area (Å²) in [5.41, 5.74) is 2.93. The van der Waals surface area contributed by atoms with Gasteiger partial charge < -0.3 is 4.74 Å². The number of carbonyl (C=O) groups excluding carboxylic acids is 1. The van der Waals surface area contributed by atoms with Crippen LogP contribution in [0, 0.1) is 0 Å². The second kappa shape index (κ2) is 8.68. The van der Waals surface area contributed by atoms with Gasteiger partial charge in [0.2, 0.25) is 0 Å². The fraction of sp³-hybridized carbons (Fsp3) is 0.364. The van der Waals surface area contributed by atoms with Gasteiger partial charge in [0.05, 0.1) is 27.4 Å². The van der Waals surface area contributed by atoms with Crippen LogP contribution in [-0.4, -0.2) is 41.7 Å². The van der Waals surface area contributed by atoms with E-state index in [-0.39, 0.29) is 12.0 Å². The zero-order valence-corrected chi connectivity index (χ0v) is 18.4. The number of ether oxygens (including phenoxy) is 1. The van der Waals surface area contributed by atoms with Crippen LogP contribution in [-0.2, 0) is 4.74 Å². The molecule has 5 rings (SSSR count). The number of thiazole rings is 1. The highest BCUT2D eigenvalue weighted by atomic mass is 32.2. The molecule has 1 aromatic heterocycles. The van der Waals surface area contributed by atoms with E-state index in [2.05, 4.69) is 18.2 Å². The Morgan fingerprint density at radius 2 is 1.90 bits per heavy atom. The van der Waals surface area contributed by atoms with Gasteiger partial charge in [0.1, 0.15) is 0 Å². The molecule has 2 aliphatic rings. The molecule has 2 aliphatic heterocycles. The molecule has 0 aliphatic carbocycles. The van der Waals surface area contributed by atoms with Gasteiger partial charge in [0.25, 0.3) is 5.91 Å². The summed E-state index contributed by atoms with van der Waals surface area (Å²) < 4.78 is 7.42. The summed E-state index contributed by atoms with van der Waals surface area (Å²) in [6.07, 6.45) is 2.12. The molecule has 1 atom stereocenters. The predicted molar refractivity (Wildman–Crippen MR) is 124 cm³/mol. The minimum Gasteiger partial charge on any atom is -0.376 e. The molecule has 4 nitrogen and oxygen atoms in total. The van der Waals surface area contributed by atoms with E-state index in [0.29, 0.717) is 16.7 Å². The molecule has 0 N–H and O–H groups in total. The summed E-state index contributed by atoms with van der Waals surface area (Å²) in [5.74, 6) is 2.39. The molecule has 0 radical (unpaired) electrons. The number of anilines is 1. The SMILES string of the molecule is O=C(c1ccc(C2SCCS2)cc1)N(C[C@H]1CCCO1)c1nc2ccccc2s1. The van der Waals surface area contributed by atoms with Crippen LogP contribution in [0.4, 0.5) is 5.13 Å². The number of para-hydroxylation sites is 1. The number of amides is 1. The molecule has 3 heterocycles. The van der Waals surface area contributed by atoms with E-state index in [1.165, 1.54) is 17.1 Å². The van der Waals surface area contributed by atoms with E-state index in [4.69, 9.17) is 9.72 Å². The molecule has 1 amide bonds. The molecule has 29 heavy (non-hydrogen) atoms. The fourth-order valence-corrected chi connectivity index (χ4v) is 7.54. The predicted octanol–water partition coefficient (Wildman–Crippen LogP) is 5.60. The standard InChI is InChI=1S/C22H22N2O2S3/c25-20(15-7-9-16(10-8-15)21-27-12-13-28-21)24(14-17-4-3-11-26-17)22-23-18-5-1-2-6-19(18)29-22/h1-2,5-10,17,21H,3-4,11-14H2/t17-/m1/s1. The number of hydrogen-bond acceptors (Lipinski definition) is 6. The molecule has 2 saturated heterocycles. The van der Waals surface area contributed by atoms with Crippen LogP contribution in [0.25, 0.3) is 10.2 Å². The van der Waals surface area contributed by atoms with Crippen LogP contribution in [0.2, 0.25) is 0 Å².